The summed E-state index contributed by atoms with van der Waals surface area (Å²) < 4.78 is 4.75. The van der Waals surface area contributed by atoms with E-state index < -0.39 is 0 Å². The first-order valence-corrected chi connectivity index (χ1v) is 6.55. The summed E-state index contributed by atoms with van der Waals surface area (Å²) in [4.78, 5) is 11.3. The molecular formula is C15H21NO2. The Bertz CT molecular complexity index is 422. The highest BCUT2D eigenvalue weighted by atomic mass is 16.5. The van der Waals surface area contributed by atoms with Gasteiger partial charge < -0.3 is 10.1 Å². The first-order chi connectivity index (χ1) is 8.61. The molecule has 1 aliphatic rings. The fourth-order valence-corrected chi connectivity index (χ4v) is 2.45. The molecule has 0 saturated heterocycles. The maximum Gasteiger partial charge on any atom is 0.308 e. The maximum absolute atomic E-state index is 11.3. The van der Waals surface area contributed by atoms with E-state index in [2.05, 4.69) is 37.4 Å². The van der Waals surface area contributed by atoms with Gasteiger partial charge in [-0.15, -0.1) is 0 Å². The molecule has 0 radical (unpaired) electrons. The molecule has 1 aliphatic carbocycles. The molecule has 0 aromatic heterocycles. The number of methoxy groups -OCH3 is 1. The van der Waals surface area contributed by atoms with Crippen LogP contribution in [0, 0.1) is 5.92 Å². The van der Waals surface area contributed by atoms with Gasteiger partial charge >= 0.3 is 5.97 Å². The normalized spacial score (nSPS) is 22.4. The van der Waals surface area contributed by atoms with E-state index in [9.17, 15) is 4.79 Å². The molecule has 1 N–H and O–H groups in total. The number of esters is 1. The van der Waals surface area contributed by atoms with Gasteiger partial charge in [-0.2, -0.15) is 0 Å². The average Bonchev–Trinajstić information content (AvgIpc) is 2.32. The Kier molecular flexibility index (Phi) is 3.90. The Balaban J connectivity index is 1.94. The lowest BCUT2D eigenvalue weighted by Gasteiger charge is -2.35. The summed E-state index contributed by atoms with van der Waals surface area (Å²) in [6.45, 7) is 4.39. The molecule has 3 nitrogen and oxygen atoms in total. The molecule has 0 amide bonds. The minimum absolute atomic E-state index is 0.0785. The van der Waals surface area contributed by atoms with Crippen molar-refractivity contribution in [2.45, 2.75) is 38.6 Å². The van der Waals surface area contributed by atoms with E-state index in [0.717, 1.165) is 12.8 Å². The molecule has 0 unspecified atom stereocenters. The van der Waals surface area contributed by atoms with E-state index in [1.54, 1.807) is 0 Å². The maximum atomic E-state index is 11.3. The van der Waals surface area contributed by atoms with E-state index in [1.165, 1.54) is 18.4 Å². The first-order valence-electron chi connectivity index (χ1n) is 6.55. The largest absolute Gasteiger partial charge is 0.469 e. The summed E-state index contributed by atoms with van der Waals surface area (Å²) in [6, 6.07) is 8.78. The summed E-state index contributed by atoms with van der Waals surface area (Å²) in [6.07, 6.45) is 1.75. The molecule has 18 heavy (non-hydrogen) atoms. The van der Waals surface area contributed by atoms with Gasteiger partial charge in [-0.05, 0) is 30.4 Å². The van der Waals surface area contributed by atoms with Crippen LogP contribution in [0.2, 0.25) is 0 Å². The summed E-state index contributed by atoms with van der Waals surface area (Å²) in [7, 11) is 1.46. The second kappa shape index (κ2) is 5.42. The average molecular weight is 247 g/mol. The number of carbonyl (C=O) groups excluding carboxylic acids is 1. The third-order valence-electron chi connectivity index (χ3n) is 3.62. The Labute approximate surface area is 109 Å². The van der Waals surface area contributed by atoms with Crippen LogP contribution in [-0.4, -0.2) is 19.1 Å². The van der Waals surface area contributed by atoms with Crippen molar-refractivity contribution < 1.29 is 9.53 Å². The van der Waals surface area contributed by atoms with Crippen molar-refractivity contribution in [2.24, 2.45) is 5.92 Å². The molecule has 0 bridgehead atoms. The number of nitrogens with one attached hydrogen (secondary N) is 1. The lowest BCUT2D eigenvalue weighted by atomic mass is 9.80. The molecule has 2 rings (SSSR count). The van der Waals surface area contributed by atoms with E-state index in [4.69, 9.17) is 4.74 Å². The fourth-order valence-electron chi connectivity index (χ4n) is 2.45. The van der Waals surface area contributed by atoms with Crippen LogP contribution in [0.4, 0.5) is 5.69 Å². The molecule has 98 valence electrons. The van der Waals surface area contributed by atoms with Crippen LogP contribution >= 0.6 is 0 Å². The number of ether oxygens (including phenoxy) is 1. The van der Waals surface area contributed by atoms with Gasteiger partial charge in [0.15, 0.2) is 0 Å². The number of hydrogen-bond donors (Lipinski definition) is 1. The van der Waals surface area contributed by atoms with Gasteiger partial charge in [0, 0.05) is 11.7 Å². The zero-order valence-corrected chi connectivity index (χ0v) is 11.3. The van der Waals surface area contributed by atoms with Gasteiger partial charge in [0.2, 0.25) is 0 Å². The van der Waals surface area contributed by atoms with Crippen LogP contribution in [0.3, 0.4) is 0 Å². The third kappa shape index (κ3) is 2.66. The van der Waals surface area contributed by atoms with Gasteiger partial charge in [-0.3, -0.25) is 4.79 Å². The number of carbonyl (C=O) groups is 1. The van der Waals surface area contributed by atoms with Crippen LogP contribution in [-0.2, 0) is 9.53 Å². The van der Waals surface area contributed by atoms with Gasteiger partial charge in [0.25, 0.3) is 0 Å². The monoisotopic (exact) mass is 247 g/mol. The minimum atomic E-state index is -0.0785. The van der Waals surface area contributed by atoms with E-state index in [1.807, 2.05) is 6.07 Å². The van der Waals surface area contributed by atoms with Crippen LogP contribution in [0.5, 0.6) is 0 Å². The zero-order valence-electron chi connectivity index (χ0n) is 11.3. The van der Waals surface area contributed by atoms with Gasteiger partial charge in [0.05, 0.1) is 13.0 Å². The minimum Gasteiger partial charge on any atom is -0.469 e. The predicted octanol–water partition coefficient (Wildman–Crippen LogP) is 3.17. The molecule has 3 heteroatoms. The number of hydrogen-bond acceptors (Lipinski definition) is 3. The molecule has 0 aliphatic heterocycles. The highest BCUT2D eigenvalue weighted by molar-refractivity contribution is 5.74. The summed E-state index contributed by atoms with van der Waals surface area (Å²) in [5.74, 6) is 0.508. The fraction of sp³-hybridized carbons (Fsp3) is 0.533. The third-order valence-corrected chi connectivity index (χ3v) is 3.62. The first kappa shape index (κ1) is 12.9. The molecule has 1 aromatic carbocycles. The van der Waals surface area contributed by atoms with Crippen molar-refractivity contribution in [1.29, 1.82) is 0 Å². The smallest absolute Gasteiger partial charge is 0.308 e. The predicted molar refractivity (Wildman–Crippen MR) is 72.7 cm³/mol. The summed E-state index contributed by atoms with van der Waals surface area (Å²) in [5.41, 5.74) is 2.53. The molecule has 1 saturated carbocycles. The van der Waals surface area contributed by atoms with Crippen LogP contribution in [0.15, 0.2) is 24.3 Å². The van der Waals surface area contributed by atoms with Crippen molar-refractivity contribution in [2.75, 3.05) is 12.4 Å². The van der Waals surface area contributed by atoms with Crippen LogP contribution < -0.4 is 5.32 Å². The van der Waals surface area contributed by atoms with Crippen LogP contribution in [0.1, 0.15) is 38.2 Å². The lowest BCUT2D eigenvalue weighted by Crippen LogP contribution is -2.40. The standard InChI is InChI=1S/C15H21NO2/c1-10(2)13-6-4-5-7-14(13)16-12-8-11(9-12)15(17)18-3/h4-7,10-12,16H,8-9H2,1-3H3. The van der Waals surface area contributed by atoms with Crippen molar-refractivity contribution in [3.8, 4) is 0 Å². The molecule has 0 spiro atoms. The Morgan fingerprint density at radius 3 is 2.61 bits per heavy atom. The highest BCUT2D eigenvalue weighted by Gasteiger charge is 2.35. The molecule has 0 heterocycles. The molecule has 1 fully saturated rings. The highest BCUT2D eigenvalue weighted by Crippen LogP contribution is 2.33. The summed E-state index contributed by atoms with van der Waals surface area (Å²) >= 11 is 0. The van der Waals surface area contributed by atoms with Gasteiger partial charge in [-0.25, -0.2) is 0 Å². The van der Waals surface area contributed by atoms with E-state index >= 15 is 0 Å². The Hall–Kier alpha value is -1.51. The van der Waals surface area contributed by atoms with Crippen molar-refractivity contribution in [1.82, 2.24) is 0 Å². The van der Waals surface area contributed by atoms with Gasteiger partial charge in [-0.1, -0.05) is 32.0 Å². The second-order valence-corrected chi connectivity index (χ2v) is 5.27. The SMILES string of the molecule is COC(=O)C1CC(Nc2ccccc2C(C)C)C1. The van der Waals surface area contributed by atoms with Crippen molar-refractivity contribution >= 4 is 11.7 Å². The quantitative estimate of drug-likeness (QED) is 0.830. The van der Waals surface area contributed by atoms with Crippen molar-refractivity contribution in [3.63, 3.8) is 0 Å². The second-order valence-electron chi connectivity index (χ2n) is 5.27. The lowest BCUT2D eigenvalue weighted by molar-refractivity contribution is -0.148. The molecule has 1 aromatic rings. The zero-order chi connectivity index (χ0) is 13.1. The number of benzene rings is 1. The topological polar surface area (TPSA) is 38.3 Å². The number of para-hydroxylation sites is 1. The van der Waals surface area contributed by atoms with Gasteiger partial charge in [0.1, 0.15) is 0 Å². The van der Waals surface area contributed by atoms with E-state index in [0.29, 0.717) is 12.0 Å². The van der Waals surface area contributed by atoms with Crippen molar-refractivity contribution in [3.05, 3.63) is 29.8 Å². The molecular weight excluding hydrogens is 226 g/mol. The Morgan fingerprint density at radius 2 is 2.00 bits per heavy atom. The number of rotatable bonds is 4. The molecule has 0 atom stereocenters. The number of anilines is 1. The van der Waals surface area contributed by atoms with E-state index in [-0.39, 0.29) is 11.9 Å². The van der Waals surface area contributed by atoms with Crippen LogP contribution in [0.25, 0.3) is 0 Å². The Morgan fingerprint density at radius 1 is 1.33 bits per heavy atom. The summed E-state index contributed by atoms with van der Waals surface area (Å²) in [5, 5.41) is 3.53.